The van der Waals surface area contributed by atoms with Gasteiger partial charge in [0.25, 0.3) is 0 Å². The number of nitrogens with zero attached hydrogens (tertiary/aromatic N) is 1. The van der Waals surface area contributed by atoms with Crippen LogP contribution in [0.15, 0.2) is 0 Å². The Balaban J connectivity index is 0. The number of hydrogen-bond donors (Lipinski definition) is 0. The van der Waals surface area contributed by atoms with Crippen molar-refractivity contribution in [2.24, 2.45) is 0 Å². The average Bonchev–Trinajstić information content (AvgIpc) is 0.918. The first-order valence-corrected chi connectivity index (χ1v) is 2.29. The summed E-state index contributed by atoms with van der Waals surface area (Å²) in [4.78, 5) is 0. The van der Waals surface area contributed by atoms with Gasteiger partial charge in [0.2, 0.25) is 0 Å². The first kappa shape index (κ1) is 8.95. The van der Waals surface area contributed by atoms with Gasteiger partial charge in [-0.2, -0.15) is 0 Å². The van der Waals surface area contributed by atoms with Crippen molar-refractivity contribution in [2.45, 2.75) is 0 Å². The van der Waals surface area contributed by atoms with Crippen LogP contribution in [0, 0.1) is 5.43 Å². The van der Waals surface area contributed by atoms with Gasteiger partial charge in [0.15, 0.2) is 0 Å². The second kappa shape index (κ2) is 8.89. The van der Waals surface area contributed by atoms with Crippen molar-refractivity contribution in [1.82, 2.24) is 0 Å². The second-order valence-corrected chi connectivity index (χ2v) is 0.922. The Kier molecular flexibility index (Phi) is 19.9. The van der Waals surface area contributed by atoms with Crippen LogP contribution in [-0.4, -0.2) is 57.4 Å². The van der Waals surface area contributed by atoms with E-state index in [1.54, 1.807) is 0 Å². The molecule has 1 nitrogen and oxygen atoms in total. The van der Waals surface area contributed by atoms with E-state index in [9.17, 15) is 0 Å². The Morgan fingerprint density at radius 3 is 1.75 bits per heavy atom. The molecular weight excluding hydrogens is 75.9 g/mol. The molecule has 0 saturated heterocycles. The summed E-state index contributed by atoms with van der Waals surface area (Å²) in [5, 5.41) is 7.40. The molecule has 0 radical (unpaired) electrons. The van der Waals surface area contributed by atoms with Crippen molar-refractivity contribution in [2.75, 3.05) is 0 Å². The fraction of sp³-hybridized carbons (Fsp3) is 0. The van der Waals surface area contributed by atoms with Gasteiger partial charge >= 0.3 is 54.4 Å². The van der Waals surface area contributed by atoms with E-state index in [2.05, 4.69) is 0 Å². The van der Waals surface area contributed by atoms with E-state index >= 15 is 0 Å². The third-order valence-electron chi connectivity index (χ3n) is 0. The molecule has 0 bridgehead atoms. The summed E-state index contributed by atoms with van der Waals surface area (Å²) in [5.74, 6) is 0. The molecule has 16 valence electrons. The molecule has 0 aromatic rings. The third kappa shape index (κ3) is 10.8. The molecule has 3 heteroatoms. The standard InChI is InChI=1S/CN.BH3.K/c1-2;;/h;1H3;. The molecule has 0 rings (SSSR count). The molecule has 0 aliphatic carbocycles. The molecule has 0 aliphatic rings. The number of nitriles is 1. The molecule has 0 saturated carbocycles. The Morgan fingerprint density at radius 2 is 1.75 bits per heavy atom. The molecule has 0 spiro atoms. The van der Waals surface area contributed by atoms with Gasteiger partial charge in [0.1, 0.15) is 0 Å². The quantitative estimate of drug-likeness (QED) is 0.322. The third-order valence-corrected chi connectivity index (χ3v) is 0. The molecule has 0 aliphatic heterocycles. The summed E-state index contributed by atoms with van der Waals surface area (Å²) in [5.41, 5.74) is 0. The van der Waals surface area contributed by atoms with Crippen LogP contribution in [0.3, 0.4) is 0 Å². The van der Waals surface area contributed by atoms with E-state index < -0.39 is 0 Å². The van der Waals surface area contributed by atoms with Gasteiger partial charge in [0, 0.05) is 0 Å². The van der Waals surface area contributed by atoms with Gasteiger partial charge in [-0.1, -0.05) is 0 Å². The van der Waals surface area contributed by atoms with Crippen molar-refractivity contribution in [3.05, 3.63) is 0 Å². The topological polar surface area (TPSA) is 23.8 Å². The monoisotopic (exact) mass is 79.0 g/mol. The van der Waals surface area contributed by atoms with Crippen molar-refractivity contribution in [3.63, 3.8) is 0 Å². The minimum atomic E-state index is 0. The van der Waals surface area contributed by atoms with Crippen LogP contribution in [0.1, 0.15) is 0 Å². The molecule has 0 aromatic heterocycles. The van der Waals surface area contributed by atoms with Crippen molar-refractivity contribution in [1.29, 1.82) is 5.26 Å². The predicted octanol–water partition coefficient (Wildman–Crippen LogP) is -1.55. The molecule has 4 heavy (non-hydrogen) atoms. The fourth-order valence-electron chi connectivity index (χ4n) is 0. The van der Waals surface area contributed by atoms with Gasteiger partial charge in [-0.15, -0.1) is 0 Å². The van der Waals surface area contributed by atoms with Gasteiger partial charge < -0.3 is 0 Å². The predicted molar refractivity (Wildman–Crippen MR) is 21.3 cm³/mol. The van der Waals surface area contributed by atoms with Crippen molar-refractivity contribution >= 4 is 57.4 Å². The van der Waals surface area contributed by atoms with Crippen LogP contribution in [0.4, 0.5) is 0 Å². The molecule has 0 atom stereocenters. The summed E-state index contributed by atoms with van der Waals surface area (Å²) in [7, 11) is 0. The zero-order valence-corrected chi connectivity index (χ0v) is 5.07. The summed E-state index contributed by atoms with van der Waals surface area (Å²) in [6.07, 6.45) is 0. The first-order valence-electron chi connectivity index (χ1n) is 0.724. The van der Waals surface area contributed by atoms with E-state index in [0.717, 1.165) is 0 Å². The fourth-order valence-corrected chi connectivity index (χ4v) is 0. The Hall–Kier alpha value is 1.19. The number of hydrogen-bond acceptors (Lipinski definition) is 1. The maximum atomic E-state index is 7.40. The van der Waals surface area contributed by atoms with E-state index in [1.807, 2.05) is 0.164 Å². The van der Waals surface area contributed by atoms with Crippen LogP contribution in [-0.2, 0) is 0 Å². The second-order valence-electron chi connectivity index (χ2n) is 0.224. The van der Waals surface area contributed by atoms with Crippen molar-refractivity contribution < 1.29 is 0 Å². The van der Waals surface area contributed by atoms with Crippen LogP contribution >= 0.6 is 0 Å². The van der Waals surface area contributed by atoms with Crippen LogP contribution in [0.25, 0.3) is 0 Å². The van der Waals surface area contributed by atoms with Gasteiger partial charge in [-0.3, -0.25) is 0 Å². The van der Waals surface area contributed by atoms with Gasteiger partial charge in [-0.05, 0) is 0 Å². The maximum absolute atomic E-state index is 7.40. The average molecular weight is 79.0 g/mol. The molecule has 0 fully saturated rings. The number of rotatable bonds is 0. The molecule has 0 aromatic carbocycles. The van der Waals surface area contributed by atoms with E-state index in [4.69, 9.17) is 5.26 Å². The van der Waals surface area contributed by atoms with Gasteiger partial charge in [0.05, 0.1) is 8.41 Å². The van der Waals surface area contributed by atoms with Crippen LogP contribution < -0.4 is 0 Å². The summed E-state index contributed by atoms with van der Waals surface area (Å²) >= 11 is 0.410. The first-order chi connectivity index (χ1) is 1.41. The summed E-state index contributed by atoms with van der Waals surface area (Å²) in [6, 6.07) is 0. The molecule has 0 N–H and O–H groups in total. The molecule has 0 unspecified atom stereocenters. The SMILES string of the molecule is B.N#[C][K]. The van der Waals surface area contributed by atoms with Crippen LogP contribution in [0.5, 0.6) is 0 Å². The van der Waals surface area contributed by atoms with Crippen LogP contribution in [0.2, 0.25) is 0 Å². The molecule has 0 amide bonds. The van der Waals surface area contributed by atoms with E-state index in [1.165, 1.54) is 0 Å². The Labute approximate surface area is 61.5 Å². The summed E-state index contributed by atoms with van der Waals surface area (Å²) in [6.45, 7) is 0. The zero-order chi connectivity index (χ0) is 2.71. The minimum absolute atomic E-state index is 0. The zero-order valence-electron chi connectivity index (χ0n) is 1.95. The molecule has 0 heterocycles. The molecular formula is CH3BKN. The Morgan fingerprint density at radius 1 is 1.75 bits per heavy atom. The van der Waals surface area contributed by atoms with E-state index in [-0.39, 0.29) is 8.41 Å². The van der Waals surface area contributed by atoms with Gasteiger partial charge in [-0.25, -0.2) is 0 Å². The van der Waals surface area contributed by atoms with E-state index in [0.29, 0.717) is 49.0 Å². The normalized spacial score (nSPS) is 2.25. The Bertz CT molecular complexity index is 29.5. The summed E-state index contributed by atoms with van der Waals surface area (Å²) < 4.78 is 1.94. The van der Waals surface area contributed by atoms with Crippen molar-refractivity contribution in [3.8, 4) is 0.164 Å².